The minimum absolute atomic E-state index is 0.913. The lowest BCUT2D eigenvalue weighted by Crippen LogP contribution is -1.89. The highest BCUT2D eigenvalue weighted by Crippen LogP contribution is 2.44. The second-order valence-corrected chi connectivity index (χ2v) is 5.35. The largest absolute Gasteiger partial charge is 0.430 e. The highest BCUT2D eigenvalue weighted by Gasteiger charge is 2.26. The first-order valence-corrected chi connectivity index (χ1v) is 5.08. The molecule has 0 aliphatic carbocycles. The quantitative estimate of drug-likeness (QED) is 0.463. The Balaban J connectivity index is 4.40. The van der Waals surface area contributed by atoms with Crippen molar-refractivity contribution in [3.63, 3.8) is 0 Å². The van der Waals surface area contributed by atoms with Crippen molar-refractivity contribution in [2.24, 2.45) is 0 Å². The molecule has 0 aliphatic heterocycles. The van der Waals surface area contributed by atoms with Crippen LogP contribution in [0.3, 0.4) is 0 Å². The van der Waals surface area contributed by atoms with Crippen molar-refractivity contribution in [2.45, 2.75) is 0 Å². The third-order valence-corrected chi connectivity index (χ3v) is 3.50. The number of rotatable bonds is 2. The van der Waals surface area contributed by atoms with E-state index in [4.69, 9.17) is 10.2 Å². The summed E-state index contributed by atoms with van der Waals surface area (Å²) in [5, 5.41) is 8.93. The summed E-state index contributed by atoms with van der Waals surface area (Å²) in [5.74, 6) is 0. The lowest BCUT2D eigenvalue weighted by Gasteiger charge is -1.99. The summed E-state index contributed by atoms with van der Waals surface area (Å²) in [6.45, 7) is -4.15. The third kappa shape index (κ3) is 2.24. The Morgan fingerprint density at radius 3 is 2.44 bits per heavy atom. The first-order valence-electron chi connectivity index (χ1n) is 1.75. The van der Waals surface area contributed by atoms with Gasteiger partial charge in [-0.1, -0.05) is 0 Å². The predicted octanol–water partition coefficient (Wildman–Crippen LogP) is -0.0370. The second-order valence-electron chi connectivity index (χ2n) is 0.992. The number of nitrogens with zero attached hydrogens (tertiary/aromatic N) is 1. The van der Waals surface area contributed by atoms with Gasteiger partial charge in [0.15, 0.2) is 5.40 Å². The summed E-state index contributed by atoms with van der Waals surface area (Å²) in [7, 11) is -1.53. The van der Waals surface area contributed by atoms with Crippen LogP contribution in [0.5, 0.6) is 0 Å². The Morgan fingerprint density at radius 2 is 2.33 bits per heavy atom. The van der Waals surface area contributed by atoms with Crippen LogP contribution in [0.4, 0.5) is 0 Å². The molecule has 2 unspecified atom stereocenters. The molecule has 0 saturated carbocycles. The SMILES string of the molecule is COP(=O)(O)S(=O)C#N. The van der Waals surface area contributed by atoms with Gasteiger partial charge in [-0.3, -0.25) is 0 Å². The molecule has 2 atom stereocenters. The van der Waals surface area contributed by atoms with Crippen molar-refractivity contribution in [3.05, 3.63) is 0 Å². The fourth-order valence-electron chi connectivity index (χ4n) is 0.119. The number of hydrogen-bond acceptors (Lipinski definition) is 4. The zero-order chi connectivity index (χ0) is 7.49. The molecule has 1 N–H and O–H groups in total. The van der Waals surface area contributed by atoms with Crippen molar-refractivity contribution in [3.8, 4) is 5.40 Å². The zero-order valence-corrected chi connectivity index (χ0v) is 6.19. The van der Waals surface area contributed by atoms with Gasteiger partial charge >= 0.3 is 6.80 Å². The molecule has 0 amide bonds. The fraction of sp³-hybridized carbons (Fsp3) is 0.500. The standard InChI is InChI=1S/C2H4NO4PS/c1-7-8(4,5)9(6)2-3/h1H3,(H,4,5). The van der Waals surface area contributed by atoms with Crippen LogP contribution >= 0.6 is 6.80 Å². The van der Waals surface area contributed by atoms with Gasteiger partial charge in [0.05, 0.1) is 0 Å². The minimum Gasteiger partial charge on any atom is -0.314 e. The molecule has 0 aromatic carbocycles. The molecule has 0 aliphatic rings. The molecule has 9 heavy (non-hydrogen) atoms. The normalized spacial score (nSPS) is 19.7. The molecular weight excluding hydrogens is 165 g/mol. The van der Waals surface area contributed by atoms with Gasteiger partial charge < -0.3 is 9.42 Å². The molecule has 0 fully saturated rings. The molecule has 5 nitrogen and oxygen atoms in total. The van der Waals surface area contributed by atoms with Crippen molar-refractivity contribution in [1.29, 1.82) is 5.26 Å². The number of thiocyanates is 1. The molecule has 0 aromatic rings. The number of nitriles is 1. The molecule has 0 radical (unpaired) electrons. The summed E-state index contributed by atoms with van der Waals surface area (Å²) in [4.78, 5) is 8.40. The molecule has 0 aromatic heterocycles. The van der Waals surface area contributed by atoms with E-state index >= 15 is 0 Å². The van der Waals surface area contributed by atoms with Crippen LogP contribution in [-0.4, -0.2) is 16.2 Å². The van der Waals surface area contributed by atoms with Gasteiger partial charge in [0, 0.05) is 7.11 Å². The maximum absolute atomic E-state index is 10.3. The zero-order valence-electron chi connectivity index (χ0n) is 4.47. The van der Waals surface area contributed by atoms with Gasteiger partial charge in [0.25, 0.3) is 0 Å². The molecule has 0 spiro atoms. The van der Waals surface area contributed by atoms with Crippen molar-refractivity contribution in [2.75, 3.05) is 7.11 Å². The van der Waals surface area contributed by atoms with E-state index in [0.717, 1.165) is 12.5 Å². The third-order valence-electron chi connectivity index (χ3n) is 0.518. The highest BCUT2D eigenvalue weighted by atomic mass is 32.8. The molecule has 0 rings (SSSR count). The predicted molar refractivity (Wildman–Crippen MR) is 30.6 cm³/mol. The van der Waals surface area contributed by atoms with E-state index in [1.54, 1.807) is 0 Å². The van der Waals surface area contributed by atoms with Crippen LogP contribution < -0.4 is 0 Å². The summed E-state index contributed by atoms with van der Waals surface area (Å²) in [6, 6.07) is 0. The Kier molecular flexibility index (Phi) is 3.01. The maximum Gasteiger partial charge on any atom is 0.430 e. The molecule has 52 valence electrons. The number of hydrogen-bond donors (Lipinski definition) is 1. The Labute approximate surface area is 54.0 Å². The van der Waals surface area contributed by atoms with Crippen molar-refractivity contribution < 1.29 is 18.2 Å². The van der Waals surface area contributed by atoms with Crippen LogP contribution in [0, 0.1) is 10.7 Å². The van der Waals surface area contributed by atoms with Gasteiger partial charge in [-0.2, -0.15) is 5.26 Å². The fourth-order valence-corrected chi connectivity index (χ4v) is 1.07. The van der Waals surface area contributed by atoms with E-state index in [1.807, 2.05) is 0 Å². The summed E-state index contributed by atoms with van der Waals surface area (Å²) < 4.78 is 24.4. The average molecular weight is 169 g/mol. The minimum atomic E-state index is -4.15. The van der Waals surface area contributed by atoms with Gasteiger partial charge in [0.1, 0.15) is 0 Å². The molecule has 0 saturated heterocycles. The molecule has 7 heteroatoms. The van der Waals surface area contributed by atoms with Gasteiger partial charge in [-0.15, -0.1) is 0 Å². The smallest absolute Gasteiger partial charge is 0.314 e. The molecule has 0 bridgehead atoms. The maximum atomic E-state index is 10.3. The van der Waals surface area contributed by atoms with E-state index in [-0.39, 0.29) is 0 Å². The van der Waals surface area contributed by atoms with Crippen LogP contribution in [0.15, 0.2) is 0 Å². The Morgan fingerprint density at radius 1 is 1.89 bits per heavy atom. The summed E-state index contributed by atoms with van der Waals surface area (Å²) in [5.41, 5.74) is 0. The van der Waals surface area contributed by atoms with E-state index < -0.39 is 17.2 Å². The topological polar surface area (TPSA) is 87.4 Å². The summed E-state index contributed by atoms with van der Waals surface area (Å²) >= 11 is 0. The average Bonchev–Trinajstić information content (AvgIpc) is 1.86. The van der Waals surface area contributed by atoms with Gasteiger partial charge in [0.2, 0.25) is 10.4 Å². The Bertz CT molecular complexity index is 207. The van der Waals surface area contributed by atoms with E-state index in [9.17, 15) is 8.77 Å². The Hall–Kier alpha value is -0.210. The van der Waals surface area contributed by atoms with Gasteiger partial charge in [-0.25, -0.2) is 8.77 Å². The van der Waals surface area contributed by atoms with Crippen molar-refractivity contribution in [1.82, 2.24) is 0 Å². The van der Waals surface area contributed by atoms with Crippen LogP contribution in [0.25, 0.3) is 0 Å². The van der Waals surface area contributed by atoms with E-state index in [0.29, 0.717) is 0 Å². The molecular formula is C2H4NO4PS. The monoisotopic (exact) mass is 169 g/mol. The van der Waals surface area contributed by atoms with Crippen LogP contribution in [0.1, 0.15) is 0 Å². The van der Waals surface area contributed by atoms with Crippen LogP contribution in [-0.2, 0) is 19.5 Å². The lowest BCUT2D eigenvalue weighted by atomic mass is 11.8. The van der Waals surface area contributed by atoms with E-state index in [2.05, 4.69) is 4.52 Å². The summed E-state index contributed by atoms with van der Waals surface area (Å²) in [6.07, 6.45) is 0. The first kappa shape index (κ1) is 8.79. The lowest BCUT2D eigenvalue weighted by molar-refractivity contribution is 0.334. The van der Waals surface area contributed by atoms with Crippen LogP contribution in [0.2, 0.25) is 0 Å². The highest BCUT2D eigenvalue weighted by molar-refractivity contribution is 8.47. The molecule has 0 heterocycles. The van der Waals surface area contributed by atoms with Gasteiger partial charge in [-0.05, 0) is 0 Å². The first-order chi connectivity index (χ1) is 4.04. The van der Waals surface area contributed by atoms with Crippen molar-refractivity contribution >= 4 is 17.2 Å². The van der Waals surface area contributed by atoms with E-state index in [1.165, 1.54) is 0 Å². The second kappa shape index (κ2) is 3.08.